The Balaban J connectivity index is 3.12. The Morgan fingerprint density at radius 2 is 1.61 bits per heavy atom. The molecule has 0 aliphatic heterocycles. The van der Waals surface area contributed by atoms with Crippen molar-refractivity contribution >= 4 is 5.97 Å². The van der Waals surface area contributed by atoms with E-state index in [9.17, 15) is 4.79 Å². The van der Waals surface area contributed by atoms with Crippen molar-refractivity contribution in [2.24, 2.45) is 5.92 Å². The van der Waals surface area contributed by atoms with Crippen LogP contribution in [0.5, 0.6) is 0 Å². The maximum atomic E-state index is 11.3. The minimum atomic E-state index is -0.133. The first kappa shape index (κ1) is 17.4. The minimum Gasteiger partial charge on any atom is -0.465 e. The molecule has 0 aromatic rings. The number of esters is 1. The van der Waals surface area contributed by atoms with Crippen molar-refractivity contribution in [2.45, 2.75) is 46.5 Å². The van der Waals surface area contributed by atoms with Gasteiger partial charge >= 0.3 is 5.97 Å². The van der Waals surface area contributed by atoms with Crippen LogP contribution in [0.2, 0.25) is 0 Å². The molecule has 0 saturated carbocycles. The van der Waals surface area contributed by atoms with Crippen LogP contribution in [0.1, 0.15) is 46.5 Å². The van der Waals surface area contributed by atoms with Crippen LogP contribution in [-0.4, -0.2) is 39.0 Å². The predicted molar refractivity (Wildman–Crippen MR) is 71.6 cm³/mol. The van der Waals surface area contributed by atoms with Crippen LogP contribution in [0, 0.1) is 5.92 Å². The molecule has 0 radical (unpaired) electrons. The van der Waals surface area contributed by atoms with E-state index in [1.807, 2.05) is 13.8 Å². The maximum Gasteiger partial charge on any atom is 0.305 e. The normalized spacial score (nSPS) is 10.9. The Bertz CT molecular complexity index is 192. The molecular formula is C14H28O4. The van der Waals surface area contributed by atoms with Gasteiger partial charge in [0, 0.05) is 19.6 Å². The highest BCUT2D eigenvalue weighted by Gasteiger charge is 2.03. The molecule has 0 aromatic heterocycles. The van der Waals surface area contributed by atoms with Gasteiger partial charge in [-0.3, -0.25) is 4.79 Å². The Morgan fingerprint density at radius 3 is 2.17 bits per heavy atom. The third-order valence-electron chi connectivity index (χ3n) is 2.26. The molecule has 0 amide bonds. The first-order valence-electron chi connectivity index (χ1n) is 6.98. The number of ether oxygens (including phenoxy) is 3. The predicted octanol–water partition coefficient (Wildman–Crippen LogP) is 2.80. The molecule has 0 heterocycles. The van der Waals surface area contributed by atoms with E-state index in [2.05, 4.69) is 6.92 Å². The van der Waals surface area contributed by atoms with Gasteiger partial charge in [-0.1, -0.05) is 27.2 Å². The first-order valence-corrected chi connectivity index (χ1v) is 6.98. The van der Waals surface area contributed by atoms with Crippen LogP contribution in [-0.2, 0) is 19.0 Å². The van der Waals surface area contributed by atoms with E-state index in [1.54, 1.807) is 0 Å². The van der Waals surface area contributed by atoms with Crippen molar-refractivity contribution in [1.82, 2.24) is 0 Å². The molecule has 0 aromatic carbocycles. The summed E-state index contributed by atoms with van der Waals surface area (Å²) in [7, 11) is 0. The average molecular weight is 260 g/mol. The van der Waals surface area contributed by atoms with Gasteiger partial charge in [-0.2, -0.15) is 0 Å². The van der Waals surface area contributed by atoms with Gasteiger partial charge in [-0.15, -0.1) is 0 Å². The highest BCUT2D eigenvalue weighted by molar-refractivity contribution is 5.69. The number of hydrogen-bond donors (Lipinski definition) is 0. The van der Waals surface area contributed by atoms with Crippen LogP contribution in [0.25, 0.3) is 0 Å². The molecule has 0 unspecified atom stereocenters. The summed E-state index contributed by atoms with van der Waals surface area (Å²) in [5.74, 6) is 0.261. The summed E-state index contributed by atoms with van der Waals surface area (Å²) >= 11 is 0. The minimum absolute atomic E-state index is 0.133. The molecule has 0 spiro atoms. The molecule has 0 aliphatic carbocycles. The molecule has 108 valence electrons. The van der Waals surface area contributed by atoms with E-state index in [0.29, 0.717) is 45.2 Å². The van der Waals surface area contributed by atoms with E-state index in [-0.39, 0.29) is 5.97 Å². The topological polar surface area (TPSA) is 44.8 Å². The second kappa shape index (κ2) is 12.8. The fraction of sp³-hybridized carbons (Fsp3) is 0.929. The Labute approximate surface area is 111 Å². The van der Waals surface area contributed by atoms with E-state index in [1.165, 1.54) is 0 Å². The average Bonchev–Trinajstić information content (AvgIpc) is 2.34. The third kappa shape index (κ3) is 13.5. The second-order valence-electron chi connectivity index (χ2n) is 4.76. The lowest BCUT2D eigenvalue weighted by Crippen LogP contribution is -2.11. The number of carbonyl (C=O) groups excluding carboxylic acids is 1. The second-order valence-corrected chi connectivity index (χ2v) is 4.76. The summed E-state index contributed by atoms with van der Waals surface area (Å²) < 4.78 is 15.8. The van der Waals surface area contributed by atoms with Gasteiger partial charge in [0.2, 0.25) is 0 Å². The standard InChI is InChI=1S/C14H28O4/c1-4-5-8-16-10-11-17-9-6-7-14(15)18-12-13(2)3/h13H,4-12H2,1-3H3. The summed E-state index contributed by atoms with van der Waals surface area (Å²) in [4.78, 5) is 11.3. The van der Waals surface area contributed by atoms with Gasteiger partial charge < -0.3 is 14.2 Å². The van der Waals surface area contributed by atoms with Crippen LogP contribution in [0.4, 0.5) is 0 Å². The third-order valence-corrected chi connectivity index (χ3v) is 2.26. The number of carbonyl (C=O) groups is 1. The van der Waals surface area contributed by atoms with E-state index < -0.39 is 0 Å². The molecule has 0 atom stereocenters. The molecule has 0 saturated heterocycles. The quantitative estimate of drug-likeness (QED) is 0.400. The van der Waals surface area contributed by atoms with Crippen molar-refractivity contribution in [3.63, 3.8) is 0 Å². The van der Waals surface area contributed by atoms with Gasteiger partial charge in [-0.05, 0) is 18.8 Å². The summed E-state index contributed by atoms with van der Waals surface area (Å²) in [6.07, 6.45) is 3.40. The first-order chi connectivity index (χ1) is 8.66. The molecule has 18 heavy (non-hydrogen) atoms. The Hall–Kier alpha value is -0.610. The summed E-state index contributed by atoms with van der Waals surface area (Å²) in [5.41, 5.74) is 0. The van der Waals surface area contributed by atoms with E-state index >= 15 is 0 Å². The molecule has 0 aliphatic rings. The molecule has 4 heteroatoms. The molecular weight excluding hydrogens is 232 g/mol. The van der Waals surface area contributed by atoms with Crippen molar-refractivity contribution in [1.29, 1.82) is 0 Å². The summed E-state index contributed by atoms with van der Waals surface area (Å²) in [6, 6.07) is 0. The van der Waals surface area contributed by atoms with Gasteiger partial charge in [-0.25, -0.2) is 0 Å². The Morgan fingerprint density at radius 1 is 1.00 bits per heavy atom. The van der Waals surface area contributed by atoms with Gasteiger partial charge in [0.05, 0.1) is 19.8 Å². The van der Waals surface area contributed by atoms with Crippen molar-refractivity contribution in [2.75, 3.05) is 33.0 Å². The van der Waals surface area contributed by atoms with Crippen molar-refractivity contribution < 1.29 is 19.0 Å². The largest absolute Gasteiger partial charge is 0.465 e. The maximum absolute atomic E-state index is 11.3. The molecule has 0 fully saturated rings. The van der Waals surface area contributed by atoms with Crippen molar-refractivity contribution in [3.8, 4) is 0 Å². The fourth-order valence-corrected chi connectivity index (χ4v) is 1.22. The van der Waals surface area contributed by atoms with Crippen LogP contribution in [0.15, 0.2) is 0 Å². The monoisotopic (exact) mass is 260 g/mol. The van der Waals surface area contributed by atoms with E-state index in [0.717, 1.165) is 19.4 Å². The SMILES string of the molecule is CCCCOCCOCCCC(=O)OCC(C)C. The zero-order valence-corrected chi connectivity index (χ0v) is 12.1. The number of hydrogen-bond acceptors (Lipinski definition) is 4. The molecule has 0 rings (SSSR count). The zero-order chi connectivity index (χ0) is 13.6. The number of unbranched alkanes of at least 4 members (excludes halogenated alkanes) is 1. The Kier molecular flexibility index (Phi) is 12.4. The lowest BCUT2D eigenvalue weighted by Gasteiger charge is -2.07. The van der Waals surface area contributed by atoms with Gasteiger partial charge in [0.25, 0.3) is 0 Å². The number of rotatable bonds is 12. The van der Waals surface area contributed by atoms with E-state index in [4.69, 9.17) is 14.2 Å². The smallest absolute Gasteiger partial charge is 0.305 e. The molecule has 4 nitrogen and oxygen atoms in total. The van der Waals surface area contributed by atoms with Gasteiger partial charge in [0.15, 0.2) is 0 Å². The molecule has 0 N–H and O–H groups in total. The highest BCUT2D eigenvalue weighted by Crippen LogP contribution is 1.98. The van der Waals surface area contributed by atoms with Gasteiger partial charge in [0.1, 0.15) is 0 Å². The summed E-state index contributed by atoms with van der Waals surface area (Å²) in [5, 5.41) is 0. The van der Waals surface area contributed by atoms with Crippen molar-refractivity contribution in [3.05, 3.63) is 0 Å². The molecule has 0 bridgehead atoms. The highest BCUT2D eigenvalue weighted by atomic mass is 16.5. The fourth-order valence-electron chi connectivity index (χ4n) is 1.22. The van der Waals surface area contributed by atoms with Crippen LogP contribution >= 0.6 is 0 Å². The lowest BCUT2D eigenvalue weighted by atomic mass is 10.2. The summed E-state index contributed by atoms with van der Waals surface area (Å²) in [6.45, 7) is 9.32. The lowest BCUT2D eigenvalue weighted by molar-refractivity contribution is -0.145. The zero-order valence-electron chi connectivity index (χ0n) is 12.1. The van der Waals surface area contributed by atoms with Crippen LogP contribution < -0.4 is 0 Å². The van der Waals surface area contributed by atoms with Crippen LogP contribution in [0.3, 0.4) is 0 Å².